The second kappa shape index (κ2) is 10.6. The van der Waals surface area contributed by atoms with Gasteiger partial charge in [-0.1, -0.05) is 35.3 Å². The van der Waals surface area contributed by atoms with Crippen molar-refractivity contribution >= 4 is 35.0 Å². The first-order valence-electron chi connectivity index (χ1n) is 11.6. The van der Waals surface area contributed by atoms with Crippen LogP contribution in [-0.2, 0) is 27.6 Å². The number of hydrogen-bond donors (Lipinski definition) is 3. The number of piperidine rings is 1. The molecule has 2 atom stereocenters. The maximum Gasteiger partial charge on any atom is 0.416 e. The summed E-state index contributed by atoms with van der Waals surface area (Å²) in [4.78, 5) is 26.6. The monoisotopic (exact) mass is 545 g/mol. The SMILES string of the molecule is O=C(N[C@@H]1CCCNC1)[C@H](Cc1ccc(Cl)cc1Cl)NC(=O)C1(c2ccc(C(F)(F)F)cc2F)CC1. The summed E-state index contributed by atoms with van der Waals surface area (Å²) in [7, 11) is 0. The summed E-state index contributed by atoms with van der Waals surface area (Å²) in [6.07, 6.45) is -2.47. The van der Waals surface area contributed by atoms with Gasteiger partial charge in [0.15, 0.2) is 0 Å². The van der Waals surface area contributed by atoms with E-state index in [4.69, 9.17) is 23.2 Å². The molecule has 0 unspecified atom stereocenters. The van der Waals surface area contributed by atoms with Crippen LogP contribution in [-0.4, -0.2) is 37.0 Å². The van der Waals surface area contributed by atoms with Crippen LogP contribution in [0, 0.1) is 5.82 Å². The lowest BCUT2D eigenvalue weighted by atomic mass is 9.92. The van der Waals surface area contributed by atoms with Gasteiger partial charge in [-0.15, -0.1) is 0 Å². The van der Waals surface area contributed by atoms with E-state index in [1.165, 1.54) is 6.07 Å². The van der Waals surface area contributed by atoms with Crippen molar-refractivity contribution in [1.82, 2.24) is 16.0 Å². The Bertz CT molecular complexity index is 1150. The normalized spacial score (nSPS) is 19.9. The highest BCUT2D eigenvalue weighted by Crippen LogP contribution is 2.50. The summed E-state index contributed by atoms with van der Waals surface area (Å²) in [5, 5.41) is 9.60. The number of hydrogen-bond acceptors (Lipinski definition) is 3. The van der Waals surface area contributed by atoms with Crippen LogP contribution in [0.2, 0.25) is 10.0 Å². The molecule has 1 saturated carbocycles. The van der Waals surface area contributed by atoms with Crippen molar-refractivity contribution in [2.75, 3.05) is 13.1 Å². The Kier molecular flexibility index (Phi) is 7.83. The lowest BCUT2D eigenvalue weighted by Gasteiger charge is -2.28. The number of benzene rings is 2. The average Bonchev–Trinajstić information content (AvgIpc) is 3.62. The summed E-state index contributed by atoms with van der Waals surface area (Å²) >= 11 is 12.3. The average molecular weight is 546 g/mol. The van der Waals surface area contributed by atoms with E-state index in [2.05, 4.69) is 16.0 Å². The molecule has 0 bridgehead atoms. The quantitative estimate of drug-likeness (QED) is 0.438. The summed E-state index contributed by atoms with van der Waals surface area (Å²) in [6, 6.07) is 5.81. The van der Waals surface area contributed by atoms with Crippen molar-refractivity contribution in [2.45, 2.75) is 55.8 Å². The Morgan fingerprint density at radius 3 is 2.47 bits per heavy atom. The molecule has 2 amide bonds. The Hall–Kier alpha value is -2.36. The van der Waals surface area contributed by atoms with Gasteiger partial charge in [-0.3, -0.25) is 9.59 Å². The lowest BCUT2D eigenvalue weighted by Crippen LogP contribution is -2.55. The first-order valence-corrected chi connectivity index (χ1v) is 12.4. The van der Waals surface area contributed by atoms with Gasteiger partial charge in [0, 0.05) is 34.6 Å². The molecule has 1 heterocycles. The Labute approximate surface area is 215 Å². The van der Waals surface area contributed by atoms with Crippen molar-refractivity contribution in [1.29, 1.82) is 0 Å². The molecule has 2 aromatic rings. The van der Waals surface area contributed by atoms with Crippen molar-refractivity contribution in [3.63, 3.8) is 0 Å². The largest absolute Gasteiger partial charge is 0.416 e. The lowest BCUT2D eigenvalue weighted by molar-refractivity contribution is -0.137. The Balaban J connectivity index is 1.56. The zero-order valence-electron chi connectivity index (χ0n) is 19.2. The van der Waals surface area contributed by atoms with Crippen molar-refractivity contribution < 1.29 is 27.2 Å². The van der Waals surface area contributed by atoms with Gasteiger partial charge in [-0.2, -0.15) is 13.2 Å². The summed E-state index contributed by atoms with van der Waals surface area (Å²) in [5.41, 5.74) is -2.00. The van der Waals surface area contributed by atoms with Crippen molar-refractivity contribution in [3.8, 4) is 0 Å². The van der Waals surface area contributed by atoms with Crippen LogP contribution in [0.3, 0.4) is 0 Å². The van der Waals surface area contributed by atoms with Gasteiger partial charge in [0.05, 0.1) is 11.0 Å². The summed E-state index contributed by atoms with van der Waals surface area (Å²) in [5.74, 6) is -2.15. The molecule has 2 fully saturated rings. The van der Waals surface area contributed by atoms with Gasteiger partial charge in [-0.25, -0.2) is 4.39 Å². The summed E-state index contributed by atoms with van der Waals surface area (Å²) < 4.78 is 53.6. The van der Waals surface area contributed by atoms with Crippen molar-refractivity contribution in [3.05, 3.63) is 69.0 Å². The molecule has 3 N–H and O–H groups in total. The molecular weight excluding hydrogens is 521 g/mol. The molecule has 2 aromatic carbocycles. The highest BCUT2D eigenvalue weighted by Gasteiger charge is 2.53. The van der Waals surface area contributed by atoms with Gasteiger partial charge in [0.2, 0.25) is 11.8 Å². The molecule has 5 nitrogen and oxygen atoms in total. The Morgan fingerprint density at radius 1 is 1.14 bits per heavy atom. The zero-order valence-corrected chi connectivity index (χ0v) is 20.7. The fourth-order valence-corrected chi connectivity index (χ4v) is 5.00. The number of alkyl halides is 3. The van der Waals surface area contributed by atoms with E-state index >= 15 is 0 Å². The molecule has 1 saturated heterocycles. The minimum Gasteiger partial charge on any atom is -0.350 e. The van der Waals surface area contributed by atoms with Crippen LogP contribution in [0.1, 0.15) is 42.4 Å². The predicted octanol–water partition coefficient (Wildman–Crippen LogP) is 4.78. The first kappa shape index (κ1) is 26.7. The molecule has 0 aromatic heterocycles. The van der Waals surface area contributed by atoms with E-state index in [1.807, 2.05) is 0 Å². The standard InChI is InChI=1S/C25H25Cl2F4N3O2/c26-16-5-3-14(19(27)12-16)10-21(22(35)33-17-2-1-9-32-13-17)34-23(36)24(7-8-24)18-6-4-15(11-20(18)28)25(29,30)31/h3-6,11-12,17,21,32H,1-2,7-10,13H2,(H,33,35)(H,34,36)/t17-,21+/m1/s1. The molecule has 2 aliphatic rings. The minimum atomic E-state index is -4.70. The molecule has 4 rings (SSSR count). The molecule has 1 aliphatic carbocycles. The van der Waals surface area contributed by atoms with E-state index < -0.39 is 40.8 Å². The molecule has 11 heteroatoms. The smallest absolute Gasteiger partial charge is 0.350 e. The third kappa shape index (κ3) is 5.95. The minimum absolute atomic E-state index is 0.0549. The number of amides is 2. The van der Waals surface area contributed by atoms with E-state index in [0.717, 1.165) is 31.5 Å². The van der Waals surface area contributed by atoms with Gasteiger partial charge >= 0.3 is 6.18 Å². The molecule has 0 radical (unpaired) electrons. The van der Waals surface area contributed by atoms with Crippen LogP contribution < -0.4 is 16.0 Å². The summed E-state index contributed by atoms with van der Waals surface area (Å²) in [6.45, 7) is 1.45. The van der Waals surface area contributed by atoms with Crippen molar-refractivity contribution in [2.24, 2.45) is 0 Å². The molecule has 36 heavy (non-hydrogen) atoms. The van der Waals surface area contributed by atoms with Gasteiger partial charge < -0.3 is 16.0 Å². The Morgan fingerprint density at radius 2 is 1.89 bits per heavy atom. The van der Waals surface area contributed by atoms with E-state index in [1.54, 1.807) is 12.1 Å². The van der Waals surface area contributed by atoms with E-state index in [9.17, 15) is 27.2 Å². The van der Waals surface area contributed by atoms with Gasteiger partial charge in [-0.05, 0) is 62.1 Å². The van der Waals surface area contributed by atoms with Crippen LogP contribution in [0.15, 0.2) is 36.4 Å². The molecule has 0 spiro atoms. The van der Waals surface area contributed by atoms with Gasteiger partial charge in [0.1, 0.15) is 11.9 Å². The topological polar surface area (TPSA) is 70.2 Å². The maximum atomic E-state index is 14.7. The number of halogens is 6. The maximum absolute atomic E-state index is 14.7. The van der Waals surface area contributed by atoms with Crippen LogP contribution in [0.5, 0.6) is 0 Å². The second-order valence-electron chi connectivity index (χ2n) is 9.29. The van der Waals surface area contributed by atoms with Crippen LogP contribution in [0.4, 0.5) is 17.6 Å². The third-order valence-electron chi connectivity index (χ3n) is 6.70. The van der Waals surface area contributed by atoms with E-state index in [-0.39, 0.29) is 30.9 Å². The fourth-order valence-electron chi connectivity index (χ4n) is 4.51. The highest BCUT2D eigenvalue weighted by atomic mass is 35.5. The molecular formula is C25H25Cl2F4N3O2. The predicted molar refractivity (Wildman–Crippen MR) is 128 cm³/mol. The molecule has 194 valence electrons. The highest BCUT2D eigenvalue weighted by molar-refractivity contribution is 6.35. The fraction of sp³-hybridized carbons (Fsp3) is 0.440. The number of carbonyl (C=O) groups excluding carboxylic acids is 2. The third-order valence-corrected chi connectivity index (χ3v) is 7.29. The number of carbonyl (C=O) groups is 2. The zero-order chi connectivity index (χ0) is 26.1. The van der Waals surface area contributed by atoms with Crippen LogP contribution >= 0.6 is 23.2 Å². The van der Waals surface area contributed by atoms with Gasteiger partial charge in [0.25, 0.3) is 0 Å². The van der Waals surface area contributed by atoms with Crippen LogP contribution in [0.25, 0.3) is 0 Å². The molecule has 1 aliphatic heterocycles. The van der Waals surface area contributed by atoms with E-state index in [0.29, 0.717) is 28.2 Å². The number of rotatable bonds is 7. The second-order valence-corrected chi connectivity index (χ2v) is 10.1. The first-order chi connectivity index (χ1) is 17.0. The number of nitrogens with one attached hydrogen (secondary N) is 3.